The van der Waals surface area contributed by atoms with Gasteiger partial charge >= 0.3 is 5.69 Å². The third kappa shape index (κ3) is 14.4. The van der Waals surface area contributed by atoms with Gasteiger partial charge in [0.25, 0.3) is 0 Å². The van der Waals surface area contributed by atoms with Gasteiger partial charge in [-0.3, -0.25) is 14.4 Å². The molecule has 55 heavy (non-hydrogen) atoms. The Bertz CT molecular complexity index is 1970. The molecule has 2 aromatic heterocycles. The van der Waals surface area contributed by atoms with Crippen molar-refractivity contribution in [1.29, 1.82) is 0 Å². The minimum absolute atomic E-state index is 0.0352. The molecular formula is C43H65N9O3. The standard InChI is InChI=1S/C22H36N2O2.C21H29N7O/c1-21(2,3)19-14-16(9-7-8-12-23)13-17(18(19)15-25)10-11-20(26)24-22(4,5)6;1-21(2,3)17-11-15-13-28(20(29)27-18(15)26-17)16-7-5-14(6-8-16)12-24-9-4-10-25-19(22)23/h10-11,13-14,25H,7-9,12,15,23H2,1-6H3,(H,24,26);5-8,11,13,24H,4,9-10,12H2,1-3H3,(H4,22,23,25)(H,26,27,29)/b11-10+;. The number of aliphatic hydroxyl groups excluding tert-OH is 1. The van der Waals surface area contributed by atoms with Crippen molar-refractivity contribution in [2.24, 2.45) is 22.2 Å². The lowest BCUT2D eigenvalue weighted by molar-refractivity contribution is -0.117. The van der Waals surface area contributed by atoms with Crippen molar-refractivity contribution in [3.05, 3.63) is 98.7 Å². The highest BCUT2D eigenvalue weighted by Crippen LogP contribution is 2.31. The predicted molar refractivity (Wildman–Crippen MR) is 227 cm³/mol. The zero-order valence-corrected chi connectivity index (χ0v) is 34.5. The molecule has 0 aliphatic rings. The number of carbonyl (C=O) groups is 1. The topological polar surface area (TPSA) is 202 Å². The molecule has 0 atom stereocenters. The number of fused-ring (bicyclic) bond motifs is 1. The zero-order valence-electron chi connectivity index (χ0n) is 34.5. The summed E-state index contributed by atoms with van der Waals surface area (Å²) in [7, 11) is 0. The second-order valence-electron chi connectivity index (χ2n) is 17.1. The highest BCUT2D eigenvalue weighted by molar-refractivity contribution is 5.92. The Morgan fingerprint density at radius 3 is 2.22 bits per heavy atom. The molecule has 0 aliphatic heterocycles. The zero-order chi connectivity index (χ0) is 41.0. The number of nitrogens with two attached hydrogens (primary N) is 3. The van der Waals surface area contributed by atoms with Gasteiger partial charge in [0.05, 0.1) is 12.3 Å². The average molecular weight is 756 g/mol. The van der Waals surface area contributed by atoms with E-state index in [1.807, 2.05) is 57.3 Å². The summed E-state index contributed by atoms with van der Waals surface area (Å²) in [4.78, 5) is 36.0. The monoisotopic (exact) mass is 756 g/mol. The van der Waals surface area contributed by atoms with E-state index in [0.717, 1.165) is 77.8 Å². The maximum atomic E-state index is 12.5. The first kappa shape index (κ1) is 44.6. The number of rotatable bonds is 14. The van der Waals surface area contributed by atoms with Gasteiger partial charge in [-0.25, -0.2) is 4.79 Å². The molecule has 0 bridgehead atoms. The van der Waals surface area contributed by atoms with Crippen LogP contribution < -0.4 is 33.5 Å². The van der Waals surface area contributed by atoms with Crippen molar-refractivity contribution in [2.45, 2.75) is 118 Å². The number of hydrogen-bond acceptors (Lipinski definition) is 7. The molecule has 10 N–H and O–H groups in total. The van der Waals surface area contributed by atoms with Crippen LogP contribution in [0.25, 0.3) is 22.8 Å². The number of nitrogens with zero attached hydrogens (tertiary/aromatic N) is 3. The molecule has 0 saturated carbocycles. The number of aromatic nitrogens is 3. The van der Waals surface area contributed by atoms with Crippen molar-refractivity contribution in [2.75, 3.05) is 19.6 Å². The molecule has 12 nitrogen and oxygen atoms in total. The molecule has 1 amide bonds. The largest absolute Gasteiger partial charge is 0.392 e. The van der Waals surface area contributed by atoms with Crippen molar-refractivity contribution in [1.82, 2.24) is 25.2 Å². The van der Waals surface area contributed by atoms with E-state index in [2.05, 4.69) is 85.3 Å². The highest BCUT2D eigenvalue weighted by atomic mass is 16.3. The summed E-state index contributed by atoms with van der Waals surface area (Å²) in [5, 5.41) is 17.2. The Hall–Kier alpha value is -4.78. The van der Waals surface area contributed by atoms with E-state index in [-0.39, 0.29) is 40.5 Å². The number of benzene rings is 2. The Morgan fingerprint density at radius 2 is 1.64 bits per heavy atom. The molecule has 0 aliphatic carbocycles. The SMILES string of the molecule is CC(C)(C)NC(=O)/C=C/c1cc(CCCCN)cc(C(C)(C)C)c1CO.CC(C)(C)c1cc2cn(-c3ccc(CNCCCN=C(N)N)cc3)c(=O)nc2[nH]1. The van der Waals surface area contributed by atoms with Gasteiger partial charge in [-0.1, -0.05) is 65.8 Å². The number of unbranched alkanes of at least 4 members (excludes halogenated alkanes) is 1. The van der Waals surface area contributed by atoms with Crippen LogP contribution in [0.2, 0.25) is 0 Å². The van der Waals surface area contributed by atoms with Crippen LogP contribution in [-0.4, -0.2) is 56.7 Å². The molecule has 4 rings (SSSR count). The first-order valence-corrected chi connectivity index (χ1v) is 19.2. The number of aryl methyl sites for hydroxylation is 1. The summed E-state index contributed by atoms with van der Waals surface area (Å²) in [6.45, 7) is 21.5. The van der Waals surface area contributed by atoms with Crippen molar-refractivity contribution in [3.63, 3.8) is 0 Å². The van der Waals surface area contributed by atoms with Crippen molar-refractivity contribution in [3.8, 4) is 5.69 Å². The maximum Gasteiger partial charge on any atom is 0.354 e. The second-order valence-corrected chi connectivity index (χ2v) is 17.1. The van der Waals surface area contributed by atoms with Gasteiger partial charge in [-0.05, 0) is 117 Å². The lowest BCUT2D eigenvalue weighted by Gasteiger charge is -2.25. The Labute approximate surface area is 327 Å². The third-order valence-corrected chi connectivity index (χ3v) is 8.81. The van der Waals surface area contributed by atoms with E-state index in [1.54, 1.807) is 10.6 Å². The maximum absolute atomic E-state index is 12.5. The van der Waals surface area contributed by atoms with Crippen LogP contribution in [0.1, 0.15) is 115 Å². The second kappa shape index (κ2) is 19.7. The Balaban J connectivity index is 0.000000298. The minimum Gasteiger partial charge on any atom is -0.392 e. The van der Waals surface area contributed by atoms with Crippen molar-refractivity contribution < 1.29 is 9.90 Å². The molecule has 0 radical (unpaired) electrons. The average Bonchev–Trinajstić information content (AvgIpc) is 3.51. The number of aliphatic imine (C=N–C) groups is 1. The van der Waals surface area contributed by atoms with Crippen LogP contribution in [0.15, 0.2) is 64.5 Å². The van der Waals surface area contributed by atoms with Crippen LogP contribution in [0.5, 0.6) is 0 Å². The predicted octanol–water partition coefficient (Wildman–Crippen LogP) is 5.45. The summed E-state index contributed by atoms with van der Waals surface area (Å²) in [6.07, 6.45) is 9.04. The van der Waals surface area contributed by atoms with Gasteiger partial charge < -0.3 is 37.9 Å². The Morgan fingerprint density at radius 1 is 0.945 bits per heavy atom. The molecule has 0 unspecified atom stereocenters. The first-order valence-electron chi connectivity index (χ1n) is 19.2. The molecule has 4 aromatic rings. The molecule has 0 saturated heterocycles. The molecule has 2 heterocycles. The van der Waals surface area contributed by atoms with E-state index in [9.17, 15) is 14.7 Å². The normalized spacial score (nSPS) is 12.1. The van der Waals surface area contributed by atoms with Gasteiger partial charge in [-0.2, -0.15) is 4.98 Å². The smallest absolute Gasteiger partial charge is 0.354 e. The summed E-state index contributed by atoms with van der Waals surface area (Å²) in [6, 6.07) is 14.2. The molecule has 2 aromatic carbocycles. The number of guanidine groups is 1. The third-order valence-electron chi connectivity index (χ3n) is 8.81. The lowest BCUT2D eigenvalue weighted by Crippen LogP contribution is -2.39. The molecule has 300 valence electrons. The van der Waals surface area contributed by atoms with E-state index in [4.69, 9.17) is 17.2 Å². The van der Waals surface area contributed by atoms with E-state index in [1.165, 1.54) is 5.56 Å². The van der Waals surface area contributed by atoms with Crippen LogP contribution in [0.3, 0.4) is 0 Å². The Kier molecular flexibility index (Phi) is 16.0. The number of amides is 1. The summed E-state index contributed by atoms with van der Waals surface area (Å²) in [5.74, 6) is -0.00925. The highest BCUT2D eigenvalue weighted by Gasteiger charge is 2.21. The number of aromatic amines is 1. The van der Waals surface area contributed by atoms with Crippen LogP contribution >= 0.6 is 0 Å². The summed E-state index contributed by atoms with van der Waals surface area (Å²) in [5.41, 5.74) is 23.3. The van der Waals surface area contributed by atoms with Gasteiger partial charge in [-0.15, -0.1) is 0 Å². The number of H-pyrrole nitrogens is 1. The van der Waals surface area contributed by atoms with Gasteiger partial charge in [0.1, 0.15) is 5.65 Å². The minimum atomic E-state index is -0.301. The van der Waals surface area contributed by atoms with Crippen molar-refractivity contribution >= 4 is 29.0 Å². The fourth-order valence-corrected chi connectivity index (χ4v) is 5.95. The first-order chi connectivity index (χ1) is 25.7. The number of aliphatic hydroxyl groups is 1. The van der Waals surface area contributed by atoms with Gasteiger partial charge in [0.2, 0.25) is 5.91 Å². The van der Waals surface area contributed by atoms with E-state index in [0.29, 0.717) is 18.7 Å². The molecular weight excluding hydrogens is 691 g/mol. The summed E-state index contributed by atoms with van der Waals surface area (Å²) < 4.78 is 1.58. The fraction of sp³-hybridized carbons (Fsp3) is 0.488. The number of nitrogens with one attached hydrogen (secondary N) is 3. The van der Waals surface area contributed by atoms with E-state index >= 15 is 0 Å². The van der Waals surface area contributed by atoms with Gasteiger partial charge in [0, 0.05) is 47.4 Å². The number of carbonyl (C=O) groups excluding carboxylic acids is 1. The van der Waals surface area contributed by atoms with Gasteiger partial charge in [0.15, 0.2) is 5.96 Å². The molecule has 12 heteroatoms. The van der Waals surface area contributed by atoms with Crippen LogP contribution in [0, 0.1) is 0 Å². The molecule has 0 spiro atoms. The molecule has 0 fully saturated rings. The quantitative estimate of drug-likeness (QED) is 0.0381. The van der Waals surface area contributed by atoms with Crippen LogP contribution in [0.4, 0.5) is 0 Å². The lowest BCUT2D eigenvalue weighted by atomic mass is 9.80. The van der Waals surface area contributed by atoms with Crippen LogP contribution in [-0.2, 0) is 35.2 Å². The fourth-order valence-electron chi connectivity index (χ4n) is 5.95. The summed E-state index contributed by atoms with van der Waals surface area (Å²) >= 11 is 0. The number of hydrogen-bond donors (Lipinski definition) is 7. The van der Waals surface area contributed by atoms with E-state index < -0.39 is 0 Å².